The van der Waals surface area contributed by atoms with E-state index in [-0.39, 0.29) is 11.9 Å². The molecule has 106 valence electrons. The minimum absolute atomic E-state index is 0.191. The molecule has 7 heteroatoms. The number of hydrogen-bond donors (Lipinski definition) is 3. The van der Waals surface area contributed by atoms with Crippen molar-refractivity contribution in [3.05, 3.63) is 36.0 Å². The van der Waals surface area contributed by atoms with Gasteiger partial charge in [0.15, 0.2) is 0 Å². The lowest BCUT2D eigenvalue weighted by Gasteiger charge is -2.11. The molecule has 0 fully saturated rings. The third-order valence-electron chi connectivity index (χ3n) is 2.77. The first-order valence-electron chi connectivity index (χ1n) is 6.56. The third-order valence-corrected chi connectivity index (χ3v) is 2.77. The first-order valence-corrected chi connectivity index (χ1v) is 6.56. The minimum atomic E-state index is -0.233. The van der Waals surface area contributed by atoms with Gasteiger partial charge in [0.2, 0.25) is 0 Å². The van der Waals surface area contributed by atoms with Crippen molar-refractivity contribution in [3.8, 4) is 0 Å². The molecule has 0 aromatic carbocycles. The summed E-state index contributed by atoms with van der Waals surface area (Å²) in [6.07, 6.45) is 3.99. The monoisotopic (exact) mass is 274 g/mol. The van der Waals surface area contributed by atoms with Gasteiger partial charge in [0.25, 0.3) is 5.91 Å². The molecule has 0 aliphatic rings. The van der Waals surface area contributed by atoms with E-state index in [9.17, 15) is 4.79 Å². The van der Waals surface area contributed by atoms with E-state index >= 15 is 0 Å². The van der Waals surface area contributed by atoms with Gasteiger partial charge in [0, 0.05) is 12.7 Å². The number of hydrogen-bond acceptors (Lipinski definition) is 5. The molecule has 0 saturated heterocycles. The fourth-order valence-corrected chi connectivity index (χ4v) is 1.66. The van der Waals surface area contributed by atoms with Gasteiger partial charge in [-0.05, 0) is 25.5 Å². The van der Waals surface area contributed by atoms with Crippen molar-refractivity contribution in [2.45, 2.75) is 26.3 Å². The number of carbonyl (C=O) groups is 1. The Morgan fingerprint density at radius 1 is 1.40 bits per heavy atom. The summed E-state index contributed by atoms with van der Waals surface area (Å²) in [5.41, 5.74) is 0.512. The second-order valence-electron chi connectivity index (χ2n) is 4.42. The molecule has 0 radical (unpaired) electrons. The van der Waals surface area contributed by atoms with Gasteiger partial charge in [0.1, 0.15) is 18.0 Å². The number of amides is 1. The molecular weight excluding hydrogens is 256 g/mol. The predicted molar refractivity (Wildman–Crippen MR) is 75.3 cm³/mol. The molecule has 0 aliphatic carbocycles. The van der Waals surface area contributed by atoms with Gasteiger partial charge < -0.3 is 10.6 Å². The van der Waals surface area contributed by atoms with Crippen LogP contribution in [0.4, 0.5) is 5.82 Å². The largest absolute Gasteiger partial charge is 0.370 e. The van der Waals surface area contributed by atoms with Crippen molar-refractivity contribution in [2.75, 3.05) is 11.9 Å². The molecule has 20 heavy (non-hydrogen) atoms. The smallest absolute Gasteiger partial charge is 0.253 e. The Bertz CT molecular complexity index is 536. The Hall–Kier alpha value is -2.44. The number of pyridine rings is 1. The van der Waals surface area contributed by atoms with Gasteiger partial charge in [0.05, 0.1) is 11.6 Å². The van der Waals surface area contributed by atoms with Gasteiger partial charge in [-0.2, -0.15) is 5.10 Å². The van der Waals surface area contributed by atoms with Crippen LogP contribution in [0.3, 0.4) is 0 Å². The van der Waals surface area contributed by atoms with E-state index in [0.717, 1.165) is 18.8 Å². The average molecular weight is 274 g/mol. The zero-order valence-corrected chi connectivity index (χ0v) is 11.6. The Morgan fingerprint density at radius 2 is 2.25 bits per heavy atom. The summed E-state index contributed by atoms with van der Waals surface area (Å²) in [6.45, 7) is 4.78. The highest BCUT2D eigenvalue weighted by Crippen LogP contribution is 2.08. The molecule has 2 aromatic heterocycles. The maximum absolute atomic E-state index is 12.0. The molecule has 0 aliphatic heterocycles. The molecule has 2 aromatic rings. The third kappa shape index (κ3) is 3.53. The summed E-state index contributed by atoms with van der Waals surface area (Å²) in [6, 6.07) is 3.31. The molecule has 7 nitrogen and oxygen atoms in total. The highest BCUT2D eigenvalue weighted by Gasteiger charge is 2.13. The second kappa shape index (κ2) is 6.65. The zero-order chi connectivity index (χ0) is 14.4. The summed E-state index contributed by atoms with van der Waals surface area (Å²) in [7, 11) is 0. The number of nitrogens with zero attached hydrogens (tertiary/aromatic N) is 3. The highest BCUT2D eigenvalue weighted by molar-refractivity contribution is 5.94. The van der Waals surface area contributed by atoms with Gasteiger partial charge in [-0.3, -0.25) is 9.89 Å². The van der Waals surface area contributed by atoms with Crippen molar-refractivity contribution in [2.24, 2.45) is 0 Å². The summed E-state index contributed by atoms with van der Waals surface area (Å²) < 4.78 is 0. The number of aromatic nitrogens is 4. The summed E-state index contributed by atoms with van der Waals surface area (Å²) in [4.78, 5) is 20.2. The van der Waals surface area contributed by atoms with Crippen LogP contribution in [0.1, 0.15) is 42.5 Å². The molecular formula is C13H18N6O. The number of anilines is 1. The van der Waals surface area contributed by atoms with Crippen LogP contribution < -0.4 is 10.6 Å². The first kappa shape index (κ1) is 14.0. The Kier molecular flexibility index (Phi) is 4.65. The van der Waals surface area contributed by atoms with Crippen LogP contribution in [0, 0.1) is 0 Å². The van der Waals surface area contributed by atoms with E-state index in [1.807, 2.05) is 6.92 Å². The van der Waals surface area contributed by atoms with Crippen molar-refractivity contribution in [1.82, 2.24) is 25.5 Å². The van der Waals surface area contributed by atoms with E-state index in [1.165, 1.54) is 6.33 Å². The van der Waals surface area contributed by atoms with Gasteiger partial charge in [-0.25, -0.2) is 9.97 Å². The van der Waals surface area contributed by atoms with Crippen LogP contribution in [-0.2, 0) is 0 Å². The van der Waals surface area contributed by atoms with Crippen LogP contribution in [0.5, 0.6) is 0 Å². The Labute approximate surface area is 117 Å². The maximum Gasteiger partial charge on any atom is 0.253 e. The molecule has 2 rings (SSSR count). The number of nitrogens with one attached hydrogen (secondary N) is 3. The maximum atomic E-state index is 12.0. The molecule has 1 amide bonds. The molecule has 3 N–H and O–H groups in total. The quantitative estimate of drug-likeness (QED) is 0.742. The molecule has 0 saturated carbocycles. The Morgan fingerprint density at radius 3 is 2.85 bits per heavy atom. The van der Waals surface area contributed by atoms with Gasteiger partial charge in [-0.15, -0.1) is 0 Å². The lowest BCUT2D eigenvalue weighted by atomic mass is 10.2. The lowest BCUT2D eigenvalue weighted by Crippen LogP contribution is -2.27. The molecule has 0 bridgehead atoms. The van der Waals surface area contributed by atoms with Crippen molar-refractivity contribution in [3.63, 3.8) is 0 Å². The standard InChI is InChI=1S/C13H18N6O/c1-3-6-14-11-5-4-10(7-15-11)13(20)18-9(2)12-16-8-17-19-12/h4-5,7-9H,3,6H2,1-2H3,(H,14,15)(H,18,20)(H,16,17,19). The molecule has 1 atom stereocenters. The number of carbonyl (C=O) groups excluding carboxylic acids is 1. The molecule has 2 heterocycles. The fourth-order valence-electron chi connectivity index (χ4n) is 1.66. The molecule has 1 unspecified atom stereocenters. The van der Waals surface area contributed by atoms with Crippen LogP contribution in [0.2, 0.25) is 0 Å². The van der Waals surface area contributed by atoms with Crippen molar-refractivity contribution in [1.29, 1.82) is 0 Å². The van der Waals surface area contributed by atoms with Crippen LogP contribution in [0.15, 0.2) is 24.7 Å². The topological polar surface area (TPSA) is 95.6 Å². The van der Waals surface area contributed by atoms with E-state index < -0.39 is 0 Å². The van der Waals surface area contributed by atoms with Crippen LogP contribution in [0.25, 0.3) is 0 Å². The van der Waals surface area contributed by atoms with E-state index in [0.29, 0.717) is 11.4 Å². The van der Waals surface area contributed by atoms with Crippen LogP contribution in [-0.4, -0.2) is 32.6 Å². The number of rotatable bonds is 6. The lowest BCUT2D eigenvalue weighted by molar-refractivity contribution is 0.0938. The minimum Gasteiger partial charge on any atom is -0.370 e. The van der Waals surface area contributed by atoms with E-state index in [4.69, 9.17) is 0 Å². The summed E-state index contributed by atoms with van der Waals surface area (Å²) in [5, 5.41) is 12.5. The van der Waals surface area contributed by atoms with Crippen molar-refractivity contribution < 1.29 is 4.79 Å². The zero-order valence-electron chi connectivity index (χ0n) is 11.6. The van der Waals surface area contributed by atoms with Crippen LogP contribution >= 0.6 is 0 Å². The average Bonchev–Trinajstić information content (AvgIpc) is 3.00. The molecule has 0 spiro atoms. The Balaban J connectivity index is 1.95. The second-order valence-corrected chi connectivity index (χ2v) is 4.42. The number of aromatic amines is 1. The van der Waals surface area contributed by atoms with E-state index in [2.05, 4.69) is 37.7 Å². The predicted octanol–water partition coefficient (Wildman–Crippen LogP) is 1.51. The SMILES string of the molecule is CCCNc1ccc(C(=O)NC(C)c2ncn[nH]2)cn1. The summed E-state index contributed by atoms with van der Waals surface area (Å²) >= 11 is 0. The normalized spacial score (nSPS) is 11.9. The van der Waals surface area contributed by atoms with Gasteiger partial charge in [-0.1, -0.05) is 6.92 Å². The number of H-pyrrole nitrogens is 1. The fraction of sp³-hybridized carbons (Fsp3) is 0.385. The first-order chi connectivity index (χ1) is 9.70. The van der Waals surface area contributed by atoms with Gasteiger partial charge >= 0.3 is 0 Å². The highest BCUT2D eigenvalue weighted by atomic mass is 16.1. The van der Waals surface area contributed by atoms with E-state index in [1.54, 1.807) is 18.3 Å². The van der Waals surface area contributed by atoms with Crippen molar-refractivity contribution >= 4 is 11.7 Å². The summed E-state index contributed by atoms with van der Waals surface area (Å²) in [5.74, 6) is 1.20.